The van der Waals surface area contributed by atoms with Gasteiger partial charge < -0.3 is 19.6 Å². The normalized spacial score (nSPS) is 17.8. The van der Waals surface area contributed by atoms with Crippen LogP contribution in [0.2, 0.25) is 0 Å². The van der Waals surface area contributed by atoms with Crippen molar-refractivity contribution in [3.8, 4) is 0 Å². The fraction of sp³-hybridized carbons (Fsp3) is 0.591. The first-order chi connectivity index (χ1) is 15.0. The SMILES string of the molecule is Cc1nc2c(c(N3CCNC(=O)CCN(C(=O)Cc4cc(C)on4)CC3)n1)CCCC2. The molecule has 1 aliphatic heterocycles. The minimum Gasteiger partial charge on any atom is -0.361 e. The van der Waals surface area contributed by atoms with Gasteiger partial charge in [-0.1, -0.05) is 5.16 Å². The number of amides is 2. The molecule has 1 aliphatic carbocycles. The number of carbonyl (C=O) groups is 2. The summed E-state index contributed by atoms with van der Waals surface area (Å²) in [5, 5.41) is 6.90. The summed E-state index contributed by atoms with van der Waals surface area (Å²) in [5.41, 5.74) is 2.97. The standard InChI is InChI=1S/C22H30N6O3/c1-15-13-17(26-31-15)14-21(30)27-9-7-20(29)23-8-10-28(12-11-27)22-18-5-3-4-6-19(18)24-16(2)25-22/h13H,3-12,14H2,1-2H3,(H,23,29). The molecule has 0 unspecified atom stereocenters. The quantitative estimate of drug-likeness (QED) is 0.790. The van der Waals surface area contributed by atoms with Crippen LogP contribution in [0.3, 0.4) is 0 Å². The molecule has 1 saturated heterocycles. The topological polar surface area (TPSA) is 104 Å². The van der Waals surface area contributed by atoms with Crippen molar-refractivity contribution in [2.75, 3.05) is 37.6 Å². The first-order valence-electron chi connectivity index (χ1n) is 11.1. The van der Waals surface area contributed by atoms with E-state index in [2.05, 4.69) is 20.4 Å². The van der Waals surface area contributed by atoms with E-state index in [-0.39, 0.29) is 18.2 Å². The Morgan fingerprint density at radius 2 is 1.94 bits per heavy atom. The second kappa shape index (κ2) is 9.45. The summed E-state index contributed by atoms with van der Waals surface area (Å²) in [6.07, 6.45) is 4.72. The number of aryl methyl sites for hydroxylation is 3. The van der Waals surface area contributed by atoms with Crippen molar-refractivity contribution in [2.45, 2.75) is 52.4 Å². The Morgan fingerprint density at radius 1 is 1.10 bits per heavy atom. The lowest BCUT2D eigenvalue weighted by Crippen LogP contribution is -2.46. The van der Waals surface area contributed by atoms with Gasteiger partial charge in [0.15, 0.2) is 0 Å². The number of fused-ring (bicyclic) bond motifs is 1. The Hall–Kier alpha value is -2.97. The van der Waals surface area contributed by atoms with Crippen LogP contribution in [-0.2, 0) is 28.9 Å². The molecule has 9 heteroatoms. The van der Waals surface area contributed by atoms with Crippen LogP contribution in [0.5, 0.6) is 0 Å². The molecule has 2 aliphatic rings. The van der Waals surface area contributed by atoms with E-state index < -0.39 is 0 Å². The van der Waals surface area contributed by atoms with Gasteiger partial charge in [0.2, 0.25) is 11.8 Å². The van der Waals surface area contributed by atoms with Gasteiger partial charge in [0, 0.05) is 56.5 Å². The van der Waals surface area contributed by atoms with E-state index >= 15 is 0 Å². The summed E-state index contributed by atoms with van der Waals surface area (Å²) in [5.74, 6) is 2.31. The smallest absolute Gasteiger partial charge is 0.228 e. The highest BCUT2D eigenvalue weighted by molar-refractivity contribution is 5.80. The van der Waals surface area contributed by atoms with Gasteiger partial charge in [-0.2, -0.15) is 0 Å². The third-order valence-electron chi connectivity index (χ3n) is 5.89. The van der Waals surface area contributed by atoms with Crippen LogP contribution in [0, 0.1) is 13.8 Å². The first-order valence-corrected chi connectivity index (χ1v) is 11.1. The molecule has 0 radical (unpaired) electrons. The summed E-state index contributed by atoms with van der Waals surface area (Å²) in [6.45, 7) is 6.51. The largest absolute Gasteiger partial charge is 0.361 e. The van der Waals surface area contributed by atoms with Gasteiger partial charge in [-0.05, 0) is 39.5 Å². The van der Waals surface area contributed by atoms with Crippen molar-refractivity contribution in [3.63, 3.8) is 0 Å². The first kappa shape index (κ1) is 21.3. The van der Waals surface area contributed by atoms with E-state index in [1.54, 1.807) is 17.9 Å². The number of anilines is 1. The Balaban J connectivity index is 1.54. The zero-order chi connectivity index (χ0) is 21.8. The fourth-order valence-electron chi connectivity index (χ4n) is 4.31. The molecule has 31 heavy (non-hydrogen) atoms. The zero-order valence-corrected chi connectivity index (χ0v) is 18.3. The molecule has 1 fully saturated rings. The molecule has 0 atom stereocenters. The second-order valence-electron chi connectivity index (χ2n) is 8.30. The molecule has 2 aromatic rings. The van der Waals surface area contributed by atoms with E-state index in [1.807, 2.05) is 6.92 Å². The van der Waals surface area contributed by atoms with Gasteiger partial charge in [0.25, 0.3) is 0 Å². The molecule has 2 amide bonds. The maximum Gasteiger partial charge on any atom is 0.228 e. The molecule has 0 bridgehead atoms. The van der Waals surface area contributed by atoms with Crippen LogP contribution >= 0.6 is 0 Å². The summed E-state index contributed by atoms with van der Waals surface area (Å²) in [7, 11) is 0. The number of rotatable bonds is 3. The fourth-order valence-corrected chi connectivity index (χ4v) is 4.31. The van der Waals surface area contributed by atoms with Gasteiger partial charge in [-0.25, -0.2) is 9.97 Å². The predicted octanol–water partition coefficient (Wildman–Crippen LogP) is 1.36. The van der Waals surface area contributed by atoms with Gasteiger partial charge in [-0.15, -0.1) is 0 Å². The summed E-state index contributed by atoms with van der Waals surface area (Å²) >= 11 is 0. The van der Waals surface area contributed by atoms with Crippen LogP contribution in [0.1, 0.15) is 47.8 Å². The predicted molar refractivity (Wildman–Crippen MR) is 115 cm³/mol. The highest BCUT2D eigenvalue weighted by Gasteiger charge is 2.24. The maximum atomic E-state index is 12.9. The van der Waals surface area contributed by atoms with Crippen LogP contribution < -0.4 is 10.2 Å². The Bertz CT molecular complexity index is 957. The van der Waals surface area contributed by atoms with Crippen molar-refractivity contribution in [3.05, 3.63) is 34.6 Å². The van der Waals surface area contributed by atoms with Crippen LogP contribution in [-0.4, -0.2) is 64.6 Å². The Labute approximate surface area is 182 Å². The lowest BCUT2D eigenvalue weighted by Gasteiger charge is -2.32. The van der Waals surface area contributed by atoms with Crippen molar-refractivity contribution < 1.29 is 14.1 Å². The average molecular weight is 427 g/mol. The maximum absolute atomic E-state index is 12.9. The highest BCUT2D eigenvalue weighted by Crippen LogP contribution is 2.28. The molecule has 0 aromatic carbocycles. The monoisotopic (exact) mass is 426 g/mol. The third-order valence-corrected chi connectivity index (χ3v) is 5.89. The van der Waals surface area contributed by atoms with Crippen molar-refractivity contribution >= 4 is 17.6 Å². The molecule has 3 heterocycles. The molecular formula is C22H30N6O3. The van der Waals surface area contributed by atoms with Gasteiger partial charge in [0.05, 0.1) is 12.1 Å². The van der Waals surface area contributed by atoms with E-state index in [1.165, 1.54) is 5.56 Å². The Morgan fingerprint density at radius 3 is 2.74 bits per heavy atom. The number of hydrogen-bond acceptors (Lipinski definition) is 7. The number of nitrogens with zero attached hydrogens (tertiary/aromatic N) is 5. The molecule has 1 N–H and O–H groups in total. The summed E-state index contributed by atoms with van der Waals surface area (Å²) < 4.78 is 5.08. The molecule has 166 valence electrons. The average Bonchev–Trinajstić information content (AvgIpc) is 3.16. The molecular weight excluding hydrogens is 396 g/mol. The summed E-state index contributed by atoms with van der Waals surface area (Å²) in [6, 6.07) is 1.77. The Kier molecular flexibility index (Phi) is 6.48. The minimum atomic E-state index is -0.0532. The van der Waals surface area contributed by atoms with Crippen molar-refractivity contribution in [1.82, 2.24) is 25.3 Å². The lowest BCUT2D eigenvalue weighted by atomic mass is 9.96. The van der Waals surface area contributed by atoms with Crippen molar-refractivity contribution in [2.24, 2.45) is 0 Å². The third kappa shape index (κ3) is 5.21. The number of nitrogens with one attached hydrogen (secondary N) is 1. The molecule has 4 rings (SSSR count). The molecule has 9 nitrogen and oxygen atoms in total. The van der Waals surface area contributed by atoms with Gasteiger partial charge >= 0.3 is 0 Å². The van der Waals surface area contributed by atoms with Crippen LogP contribution in [0.15, 0.2) is 10.6 Å². The summed E-state index contributed by atoms with van der Waals surface area (Å²) in [4.78, 5) is 38.6. The van der Waals surface area contributed by atoms with Crippen LogP contribution in [0.25, 0.3) is 0 Å². The number of carbonyl (C=O) groups excluding carboxylic acids is 2. The van der Waals surface area contributed by atoms with Gasteiger partial charge in [-0.3, -0.25) is 9.59 Å². The van der Waals surface area contributed by atoms with E-state index in [4.69, 9.17) is 9.51 Å². The zero-order valence-electron chi connectivity index (χ0n) is 18.3. The number of hydrogen-bond donors (Lipinski definition) is 1. The second-order valence-corrected chi connectivity index (χ2v) is 8.30. The lowest BCUT2D eigenvalue weighted by molar-refractivity contribution is -0.131. The molecule has 0 spiro atoms. The van der Waals surface area contributed by atoms with Crippen molar-refractivity contribution in [1.29, 1.82) is 0 Å². The minimum absolute atomic E-state index is 0.0437. The number of aromatic nitrogens is 3. The van der Waals surface area contributed by atoms with Crippen LogP contribution in [0.4, 0.5) is 5.82 Å². The highest BCUT2D eigenvalue weighted by atomic mass is 16.5. The van der Waals surface area contributed by atoms with E-state index in [9.17, 15) is 9.59 Å². The van der Waals surface area contributed by atoms with E-state index in [0.717, 1.165) is 43.0 Å². The van der Waals surface area contributed by atoms with E-state index in [0.29, 0.717) is 50.6 Å². The van der Waals surface area contributed by atoms with Gasteiger partial charge in [0.1, 0.15) is 17.4 Å². The molecule has 0 saturated carbocycles. The molecule has 2 aromatic heterocycles.